The van der Waals surface area contributed by atoms with Gasteiger partial charge in [-0.3, -0.25) is 0 Å². The van der Waals surface area contributed by atoms with Gasteiger partial charge in [0.1, 0.15) is 0 Å². The number of rotatable bonds is 5. The Morgan fingerprint density at radius 3 is 2.85 bits per heavy atom. The zero-order valence-corrected chi connectivity index (χ0v) is 17.1. The largest absolute Gasteiger partial charge is 0.118 e. The fourth-order valence-corrected chi connectivity index (χ4v) is 3.72. The second-order valence-corrected chi connectivity index (χ2v) is 7.30. The van der Waals surface area contributed by atoms with Crippen LogP contribution in [0.3, 0.4) is 0 Å². The van der Waals surface area contributed by atoms with Gasteiger partial charge in [0.25, 0.3) is 0 Å². The van der Waals surface area contributed by atoms with Crippen molar-refractivity contribution in [3.63, 3.8) is 0 Å². The summed E-state index contributed by atoms with van der Waals surface area (Å²) in [5, 5.41) is 0. The van der Waals surface area contributed by atoms with Gasteiger partial charge in [-0.15, -0.1) is 11.5 Å². The lowest BCUT2D eigenvalue weighted by Gasteiger charge is -2.24. The maximum atomic E-state index is 4.30. The van der Waals surface area contributed by atoms with E-state index in [9.17, 15) is 0 Å². The Kier molecular flexibility index (Phi) is 7.28. The van der Waals surface area contributed by atoms with Crippen molar-refractivity contribution in [3.05, 3.63) is 93.5 Å². The van der Waals surface area contributed by atoms with Crippen molar-refractivity contribution in [2.75, 3.05) is 0 Å². The third kappa shape index (κ3) is 5.12. The second kappa shape index (κ2) is 9.44. The zero-order valence-electron chi connectivity index (χ0n) is 17.1. The lowest BCUT2D eigenvalue weighted by Crippen LogP contribution is -2.09. The molecule has 0 aliphatic heterocycles. The van der Waals surface area contributed by atoms with E-state index in [0.717, 1.165) is 24.8 Å². The van der Waals surface area contributed by atoms with Crippen LogP contribution < -0.4 is 0 Å². The standard InChI is InChI=1S/C26H32/c1-7-10-23-14-16-26(20(4)8-2)24(18-23)15-13-21(5)25-12-9-11-19(3)17-22(25)6/h7,9-10,12,15,17,23H,4,8,14,16,18H2,1-3,5-6H3. The van der Waals surface area contributed by atoms with Gasteiger partial charge in [-0.1, -0.05) is 31.2 Å². The molecule has 0 aromatic heterocycles. The van der Waals surface area contributed by atoms with E-state index in [0.29, 0.717) is 5.92 Å². The number of hydrogen-bond acceptors (Lipinski definition) is 0. The van der Waals surface area contributed by atoms with Gasteiger partial charge in [0.15, 0.2) is 0 Å². The van der Waals surface area contributed by atoms with Gasteiger partial charge in [0.2, 0.25) is 0 Å². The molecule has 0 N–H and O–H groups in total. The molecule has 0 heteroatoms. The minimum absolute atomic E-state index is 0.635. The van der Waals surface area contributed by atoms with Crippen molar-refractivity contribution >= 4 is 0 Å². The minimum atomic E-state index is 0.635. The van der Waals surface area contributed by atoms with E-state index in [-0.39, 0.29) is 0 Å². The smallest absolute Gasteiger partial charge is 0.00160 e. The monoisotopic (exact) mass is 344 g/mol. The van der Waals surface area contributed by atoms with Crippen LogP contribution in [-0.2, 0) is 0 Å². The van der Waals surface area contributed by atoms with Crippen LogP contribution in [0.5, 0.6) is 0 Å². The fraction of sp³-hybridized carbons (Fsp3) is 0.385. The molecule has 0 amide bonds. The van der Waals surface area contributed by atoms with Gasteiger partial charge >= 0.3 is 0 Å². The Balaban J connectivity index is 2.40. The summed E-state index contributed by atoms with van der Waals surface area (Å²) in [5.41, 5.74) is 15.8. The maximum absolute atomic E-state index is 4.30. The average Bonchev–Trinajstić information content (AvgIpc) is 2.79. The van der Waals surface area contributed by atoms with Crippen molar-refractivity contribution in [1.29, 1.82) is 0 Å². The molecular weight excluding hydrogens is 312 g/mol. The quantitative estimate of drug-likeness (QED) is 0.354. The van der Waals surface area contributed by atoms with Crippen LogP contribution in [0.25, 0.3) is 0 Å². The summed E-state index contributed by atoms with van der Waals surface area (Å²) in [7, 11) is 0. The lowest BCUT2D eigenvalue weighted by molar-refractivity contribution is 0.554. The minimum Gasteiger partial charge on any atom is -0.118 e. The van der Waals surface area contributed by atoms with E-state index >= 15 is 0 Å². The molecule has 0 saturated heterocycles. The maximum Gasteiger partial charge on any atom is -0.00160 e. The SMILES string of the molecule is C=C(CC)C1=C(C=C=C(C)C2=CC=C=C(C)C=C2C)CC(C=CC)CC1. The summed E-state index contributed by atoms with van der Waals surface area (Å²) in [5.74, 6) is 0.635. The van der Waals surface area contributed by atoms with Gasteiger partial charge in [0, 0.05) is 0 Å². The Morgan fingerprint density at radius 1 is 1.38 bits per heavy atom. The first-order chi connectivity index (χ1) is 12.5. The van der Waals surface area contributed by atoms with Gasteiger partial charge < -0.3 is 0 Å². The molecule has 136 valence electrons. The Hall–Kier alpha value is -2.26. The number of allylic oxidation sites excluding steroid dienone is 11. The van der Waals surface area contributed by atoms with E-state index < -0.39 is 0 Å². The van der Waals surface area contributed by atoms with Gasteiger partial charge in [0.05, 0.1) is 0 Å². The van der Waals surface area contributed by atoms with Crippen LogP contribution in [0.15, 0.2) is 93.5 Å². The highest BCUT2D eigenvalue weighted by Crippen LogP contribution is 2.35. The van der Waals surface area contributed by atoms with Crippen LogP contribution in [0.2, 0.25) is 0 Å². The Labute approximate surface area is 160 Å². The molecule has 0 nitrogen and oxygen atoms in total. The summed E-state index contributed by atoms with van der Waals surface area (Å²) in [6, 6.07) is 0. The third-order valence-electron chi connectivity index (χ3n) is 5.24. The molecule has 1 unspecified atom stereocenters. The molecular formula is C26H32. The van der Waals surface area contributed by atoms with Crippen molar-refractivity contribution in [1.82, 2.24) is 0 Å². The molecule has 0 saturated carbocycles. The Morgan fingerprint density at radius 2 is 2.15 bits per heavy atom. The van der Waals surface area contributed by atoms with Crippen LogP contribution >= 0.6 is 0 Å². The van der Waals surface area contributed by atoms with E-state index in [1.807, 2.05) is 6.08 Å². The van der Waals surface area contributed by atoms with Gasteiger partial charge in [-0.2, -0.15) is 0 Å². The van der Waals surface area contributed by atoms with Crippen LogP contribution in [-0.4, -0.2) is 0 Å². The summed E-state index contributed by atoms with van der Waals surface area (Å²) in [4.78, 5) is 0. The van der Waals surface area contributed by atoms with Crippen molar-refractivity contribution in [2.24, 2.45) is 5.92 Å². The average molecular weight is 345 g/mol. The van der Waals surface area contributed by atoms with Gasteiger partial charge in [-0.25, -0.2) is 0 Å². The van der Waals surface area contributed by atoms with E-state index in [4.69, 9.17) is 0 Å². The molecule has 2 rings (SSSR count). The highest BCUT2D eigenvalue weighted by Gasteiger charge is 2.19. The number of hydrogen-bond donors (Lipinski definition) is 0. The highest BCUT2D eigenvalue weighted by molar-refractivity contribution is 5.51. The van der Waals surface area contributed by atoms with Crippen molar-refractivity contribution in [2.45, 2.75) is 60.3 Å². The fourth-order valence-electron chi connectivity index (χ4n) is 3.72. The molecule has 1 atom stereocenters. The normalized spacial score (nSPS) is 20.2. The molecule has 2 aliphatic rings. The molecule has 0 fully saturated rings. The first kappa shape index (κ1) is 20.1. The molecule has 0 bridgehead atoms. The van der Waals surface area contributed by atoms with Gasteiger partial charge in [-0.05, 0) is 117 Å². The molecule has 26 heavy (non-hydrogen) atoms. The van der Waals surface area contributed by atoms with Crippen LogP contribution in [0, 0.1) is 5.92 Å². The molecule has 0 radical (unpaired) electrons. The predicted octanol–water partition coefficient (Wildman–Crippen LogP) is 7.71. The first-order valence-corrected chi connectivity index (χ1v) is 9.75. The summed E-state index contributed by atoms with van der Waals surface area (Å²) in [6.45, 7) is 15.0. The van der Waals surface area contributed by atoms with Crippen LogP contribution in [0.4, 0.5) is 0 Å². The topological polar surface area (TPSA) is 0 Å². The van der Waals surface area contributed by atoms with E-state index in [1.54, 1.807) is 0 Å². The summed E-state index contributed by atoms with van der Waals surface area (Å²) in [6.07, 6.45) is 17.5. The van der Waals surface area contributed by atoms with E-state index in [1.165, 1.54) is 39.9 Å². The first-order valence-electron chi connectivity index (χ1n) is 9.75. The summed E-state index contributed by atoms with van der Waals surface area (Å²) >= 11 is 0. The second-order valence-electron chi connectivity index (χ2n) is 7.30. The molecule has 2 aliphatic carbocycles. The highest BCUT2D eigenvalue weighted by atomic mass is 14.2. The Bertz CT molecular complexity index is 817. The molecule has 0 heterocycles. The van der Waals surface area contributed by atoms with Crippen molar-refractivity contribution < 1.29 is 0 Å². The molecule has 0 spiro atoms. The molecule has 0 aromatic rings. The summed E-state index contributed by atoms with van der Waals surface area (Å²) < 4.78 is 0. The van der Waals surface area contributed by atoms with Crippen LogP contribution in [0.1, 0.15) is 60.3 Å². The van der Waals surface area contributed by atoms with Crippen molar-refractivity contribution in [3.8, 4) is 0 Å². The molecule has 0 aromatic carbocycles. The lowest BCUT2D eigenvalue weighted by atomic mass is 9.80. The third-order valence-corrected chi connectivity index (χ3v) is 5.24. The zero-order chi connectivity index (χ0) is 19.1. The van der Waals surface area contributed by atoms with E-state index in [2.05, 4.69) is 83.0 Å². The predicted molar refractivity (Wildman–Crippen MR) is 115 cm³/mol.